The molecule has 1 rings (SSSR count). The molecule has 1 N–H and O–H groups in total. The van der Waals surface area contributed by atoms with Crippen molar-refractivity contribution in [3.8, 4) is 0 Å². The zero-order valence-corrected chi connectivity index (χ0v) is 14.1. The van der Waals surface area contributed by atoms with E-state index in [-0.39, 0.29) is 5.54 Å². The fourth-order valence-electron chi connectivity index (χ4n) is 2.99. The molecule has 1 atom stereocenters. The van der Waals surface area contributed by atoms with E-state index in [1.165, 1.54) is 64.3 Å². The minimum atomic E-state index is 0.261. The lowest BCUT2D eigenvalue weighted by Gasteiger charge is -2.34. The van der Waals surface area contributed by atoms with E-state index < -0.39 is 0 Å². The van der Waals surface area contributed by atoms with Crippen LogP contribution in [0.5, 0.6) is 0 Å². The van der Waals surface area contributed by atoms with Crippen molar-refractivity contribution in [3.63, 3.8) is 0 Å². The number of hydrogen-bond donors (Lipinski definition) is 1. The predicted molar refractivity (Wildman–Crippen MR) is 86.6 cm³/mol. The van der Waals surface area contributed by atoms with E-state index in [9.17, 15) is 0 Å². The van der Waals surface area contributed by atoms with Crippen LogP contribution in [0.25, 0.3) is 0 Å². The van der Waals surface area contributed by atoms with E-state index in [1.54, 1.807) is 0 Å². The van der Waals surface area contributed by atoms with Crippen LogP contribution in [0.3, 0.4) is 0 Å². The molecule has 0 bridgehead atoms. The average Bonchev–Trinajstić information content (AvgIpc) is 3.14. The zero-order chi connectivity index (χ0) is 14.4. The summed E-state index contributed by atoms with van der Waals surface area (Å²) in [5, 5.41) is 3.75. The first kappa shape index (κ1) is 17.0. The minimum Gasteiger partial charge on any atom is -0.312 e. The van der Waals surface area contributed by atoms with Crippen LogP contribution < -0.4 is 5.32 Å². The Morgan fingerprint density at radius 3 is 2.00 bits per heavy atom. The fourth-order valence-corrected chi connectivity index (χ4v) is 2.99. The van der Waals surface area contributed by atoms with Gasteiger partial charge in [-0.1, -0.05) is 52.4 Å². The summed E-state index contributed by atoms with van der Waals surface area (Å²) in [6.45, 7) is 12.9. The highest BCUT2D eigenvalue weighted by molar-refractivity contribution is 4.93. The molecule has 1 nitrogen and oxygen atoms in total. The van der Waals surface area contributed by atoms with E-state index in [1.807, 2.05) is 0 Å². The first-order valence-corrected chi connectivity index (χ1v) is 8.62. The van der Waals surface area contributed by atoms with Gasteiger partial charge < -0.3 is 5.32 Å². The van der Waals surface area contributed by atoms with Gasteiger partial charge in [-0.3, -0.25) is 0 Å². The Balaban J connectivity index is 2.23. The molecule has 19 heavy (non-hydrogen) atoms. The van der Waals surface area contributed by atoms with Gasteiger partial charge in [0, 0.05) is 12.1 Å². The Labute approximate surface area is 121 Å². The Morgan fingerprint density at radius 2 is 1.47 bits per heavy atom. The fraction of sp³-hybridized carbons (Fsp3) is 1.00. The van der Waals surface area contributed by atoms with Gasteiger partial charge in [-0.05, 0) is 51.4 Å². The molecule has 0 aromatic rings. The smallest absolute Gasteiger partial charge is 0.00967 e. The van der Waals surface area contributed by atoms with E-state index in [2.05, 4.69) is 39.9 Å². The van der Waals surface area contributed by atoms with Crippen LogP contribution in [0.1, 0.15) is 92.4 Å². The lowest BCUT2D eigenvalue weighted by molar-refractivity contribution is 0.205. The summed E-state index contributed by atoms with van der Waals surface area (Å²) in [6, 6.07) is 0. The van der Waals surface area contributed by atoms with Crippen molar-refractivity contribution in [3.05, 3.63) is 0 Å². The molecule has 0 heterocycles. The van der Waals surface area contributed by atoms with Crippen molar-refractivity contribution < 1.29 is 0 Å². The standard InChI is InChI=1S/C18H37N/c1-6-7-8-9-10-11-14-18(5,16-12-13-16)15-19-17(2,3)4/h16,19H,6-15H2,1-5H3. The third-order valence-corrected chi connectivity index (χ3v) is 4.69. The second-order valence-corrected chi connectivity index (χ2v) is 8.05. The Hall–Kier alpha value is -0.0400. The summed E-state index contributed by atoms with van der Waals surface area (Å²) in [5.41, 5.74) is 0.815. The van der Waals surface area contributed by atoms with Crippen LogP contribution in [0.4, 0.5) is 0 Å². The highest BCUT2D eigenvalue weighted by Crippen LogP contribution is 2.48. The molecule has 0 spiro atoms. The maximum Gasteiger partial charge on any atom is 0.00967 e. The first-order valence-electron chi connectivity index (χ1n) is 8.62. The van der Waals surface area contributed by atoms with Crippen molar-refractivity contribution in [1.29, 1.82) is 0 Å². The highest BCUT2D eigenvalue weighted by Gasteiger charge is 2.40. The number of nitrogens with one attached hydrogen (secondary N) is 1. The van der Waals surface area contributed by atoms with E-state index in [4.69, 9.17) is 0 Å². The van der Waals surface area contributed by atoms with Crippen molar-refractivity contribution in [2.24, 2.45) is 11.3 Å². The summed E-state index contributed by atoms with van der Waals surface area (Å²) < 4.78 is 0. The first-order chi connectivity index (χ1) is 8.87. The summed E-state index contributed by atoms with van der Waals surface area (Å²) in [5.74, 6) is 0.998. The van der Waals surface area contributed by atoms with E-state index in [0.717, 1.165) is 5.92 Å². The van der Waals surface area contributed by atoms with Crippen molar-refractivity contribution in [2.45, 2.75) is 97.9 Å². The molecule has 1 aliphatic carbocycles. The van der Waals surface area contributed by atoms with Crippen LogP contribution >= 0.6 is 0 Å². The maximum absolute atomic E-state index is 3.75. The summed E-state index contributed by atoms with van der Waals surface area (Å²) in [6.07, 6.45) is 12.9. The van der Waals surface area contributed by atoms with Crippen molar-refractivity contribution >= 4 is 0 Å². The SMILES string of the molecule is CCCCCCCCC(C)(CNC(C)(C)C)C1CC1. The van der Waals surface area contributed by atoms with Gasteiger partial charge in [0.15, 0.2) is 0 Å². The average molecular weight is 268 g/mol. The zero-order valence-electron chi connectivity index (χ0n) is 14.1. The normalized spacial score (nSPS) is 19.4. The van der Waals surface area contributed by atoms with Gasteiger partial charge in [0.25, 0.3) is 0 Å². The summed E-state index contributed by atoms with van der Waals surface area (Å²) >= 11 is 0. The molecule has 1 fully saturated rings. The largest absolute Gasteiger partial charge is 0.312 e. The van der Waals surface area contributed by atoms with E-state index >= 15 is 0 Å². The molecule has 1 saturated carbocycles. The van der Waals surface area contributed by atoms with Gasteiger partial charge in [-0.2, -0.15) is 0 Å². The molecule has 0 aromatic heterocycles. The maximum atomic E-state index is 3.75. The molecular weight excluding hydrogens is 230 g/mol. The molecule has 0 amide bonds. The molecule has 114 valence electrons. The quantitative estimate of drug-likeness (QED) is 0.512. The molecule has 1 unspecified atom stereocenters. The van der Waals surface area contributed by atoms with Crippen LogP contribution in [0.15, 0.2) is 0 Å². The molecule has 1 aliphatic rings. The molecule has 1 heteroatoms. The van der Waals surface area contributed by atoms with Gasteiger partial charge in [0.2, 0.25) is 0 Å². The van der Waals surface area contributed by atoms with Gasteiger partial charge in [-0.25, -0.2) is 0 Å². The second kappa shape index (κ2) is 7.67. The van der Waals surface area contributed by atoms with Gasteiger partial charge in [0.1, 0.15) is 0 Å². The summed E-state index contributed by atoms with van der Waals surface area (Å²) in [4.78, 5) is 0. The Bertz CT molecular complexity index is 237. The molecular formula is C18H37N. The van der Waals surface area contributed by atoms with Crippen molar-refractivity contribution in [2.75, 3.05) is 6.54 Å². The van der Waals surface area contributed by atoms with Crippen LogP contribution in [-0.2, 0) is 0 Å². The Kier molecular flexibility index (Phi) is 6.86. The second-order valence-electron chi connectivity index (χ2n) is 8.05. The minimum absolute atomic E-state index is 0.261. The van der Waals surface area contributed by atoms with Crippen molar-refractivity contribution in [1.82, 2.24) is 5.32 Å². The number of rotatable bonds is 10. The number of hydrogen-bond acceptors (Lipinski definition) is 1. The Morgan fingerprint density at radius 1 is 0.895 bits per heavy atom. The van der Waals surface area contributed by atoms with E-state index in [0.29, 0.717) is 5.41 Å². The third-order valence-electron chi connectivity index (χ3n) is 4.69. The van der Waals surface area contributed by atoms with Gasteiger partial charge >= 0.3 is 0 Å². The van der Waals surface area contributed by atoms with Crippen LogP contribution in [-0.4, -0.2) is 12.1 Å². The van der Waals surface area contributed by atoms with Crippen LogP contribution in [0, 0.1) is 11.3 Å². The molecule has 0 radical (unpaired) electrons. The number of unbranched alkanes of at least 4 members (excludes halogenated alkanes) is 5. The topological polar surface area (TPSA) is 12.0 Å². The lowest BCUT2D eigenvalue weighted by atomic mass is 9.79. The van der Waals surface area contributed by atoms with Gasteiger partial charge in [0.05, 0.1) is 0 Å². The molecule has 0 saturated heterocycles. The third kappa shape index (κ3) is 7.34. The molecule has 0 aliphatic heterocycles. The van der Waals surface area contributed by atoms with Crippen LogP contribution in [0.2, 0.25) is 0 Å². The van der Waals surface area contributed by atoms with Gasteiger partial charge in [-0.15, -0.1) is 0 Å². The highest BCUT2D eigenvalue weighted by atomic mass is 15.0. The lowest BCUT2D eigenvalue weighted by Crippen LogP contribution is -2.43. The monoisotopic (exact) mass is 267 g/mol. The summed E-state index contributed by atoms with van der Waals surface area (Å²) in [7, 11) is 0. The molecule has 0 aromatic carbocycles. The predicted octanol–water partition coefficient (Wildman–Crippen LogP) is 5.54.